The molecule has 172 valence electrons. The second-order valence-corrected chi connectivity index (χ2v) is 9.36. The van der Waals surface area contributed by atoms with Crippen LogP contribution in [-0.4, -0.2) is 30.7 Å². The molecule has 1 amide bonds. The number of fused-ring (bicyclic) bond motifs is 1. The van der Waals surface area contributed by atoms with Gasteiger partial charge in [0.05, 0.1) is 5.69 Å². The van der Waals surface area contributed by atoms with Crippen LogP contribution in [0.4, 0.5) is 5.13 Å². The van der Waals surface area contributed by atoms with Crippen molar-refractivity contribution < 1.29 is 9.53 Å². The van der Waals surface area contributed by atoms with Gasteiger partial charge in [0.2, 0.25) is 10.1 Å². The molecule has 1 aromatic carbocycles. The summed E-state index contributed by atoms with van der Waals surface area (Å²) in [5.41, 5.74) is 0.856. The summed E-state index contributed by atoms with van der Waals surface area (Å²) in [5, 5.41) is 25.8. The Hall–Kier alpha value is -3.95. The van der Waals surface area contributed by atoms with E-state index in [9.17, 15) is 14.9 Å². The maximum atomic E-state index is 12.3. The van der Waals surface area contributed by atoms with Gasteiger partial charge in [0.25, 0.3) is 11.5 Å². The van der Waals surface area contributed by atoms with E-state index in [1.807, 2.05) is 6.07 Å². The van der Waals surface area contributed by atoms with Gasteiger partial charge in [-0.1, -0.05) is 41.7 Å². The van der Waals surface area contributed by atoms with Gasteiger partial charge in [0.1, 0.15) is 34.0 Å². The van der Waals surface area contributed by atoms with Gasteiger partial charge < -0.3 is 4.74 Å². The number of aryl methyl sites for hydroxylation is 2. The van der Waals surface area contributed by atoms with Gasteiger partial charge in [0.15, 0.2) is 0 Å². The maximum absolute atomic E-state index is 12.3. The summed E-state index contributed by atoms with van der Waals surface area (Å²) in [4.78, 5) is 29.6. The minimum atomic E-state index is -0.558. The van der Waals surface area contributed by atoms with E-state index in [1.165, 1.54) is 39.3 Å². The van der Waals surface area contributed by atoms with E-state index in [4.69, 9.17) is 4.74 Å². The van der Waals surface area contributed by atoms with Crippen molar-refractivity contribution in [3.63, 3.8) is 0 Å². The molecule has 0 unspecified atom stereocenters. The molecule has 0 spiro atoms. The molecule has 0 saturated heterocycles. The summed E-state index contributed by atoms with van der Waals surface area (Å²) in [6.45, 7) is 3.95. The van der Waals surface area contributed by atoms with Crippen LogP contribution in [0.1, 0.15) is 34.6 Å². The van der Waals surface area contributed by atoms with Crippen LogP contribution in [0, 0.1) is 18.3 Å². The Morgan fingerprint density at radius 3 is 2.74 bits per heavy atom. The van der Waals surface area contributed by atoms with Crippen molar-refractivity contribution in [2.75, 3.05) is 5.32 Å². The zero-order valence-corrected chi connectivity index (χ0v) is 19.9. The highest BCUT2D eigenvalue weighted by Gasteiger charge is 2.12. The zero-order valence-electron chi connectivity index (χ0n) is 18.3. The lowest BCUT2D eigenvalue weighted by atomic mass is 10.1. The fraction of sp³-hybridized carbons (Fsp3) is 0.227. The molecule has 0 radical (unpaired) electrons. The molecule has 10 nitrogen and oxygen atoms in total. The molecule has 0 aliphatic rings. The lowest BCUT2D eigenvalue weighted by Crippen LogP contribution is -2.16. The summed E-state index contributed by atoms with van der Waals surface area (Å²) in [5.74, 6) is -0.000638. The number of hydrogen-bond acceptors (Lipinski definition) is 10. The van der Waals surface area contributed by atoms with Gasteiger partial charge in [-0.15, -0.1) is 10.2 Å². The highest BCUT2D eigenvalue weighted by Crippen LogP contribution is 2.19. The summed E-state index contributed by atoms with van der Waals surface area (Å²) in [7, 11) is 0. The number of nitrogens with zero attached hydrogens (tertiary/aromatic N) is 6. The number of rotatable bonds is 8. The summed E-state index contributed by atoms with van der Waals surface area (Å²) in [6.07, 6.45) is 3.22. The molecule has 0 fully saturated rings. The standard InChI is InChI=1S/C22H19N7O3S2/c1-3-4-18-28-29-19(30)10-16(24-22(29)34-18)12-32-17-7-5-14(6-8-17)9-15(11-23)20(31)25-21-27-26-13(2)33-21/h5-10H,3-4,12H2,1-2H3,(H,25,27,31). The van der Waals surface area contributed by atoms with Gasteiger partial charge in [-0.25, -0.2) is 4.98 Å². The predicted molar refractivity (Wildman–Crippen MR) is 129 cm³/mol. The summed E-state index contributed by atoms with van der Waals surface area (Å²) < 4.78 is 7.08. The van der Waals surface area contributed by atoms with Gasteiger partial charge in [-0.05, 0) is 37.1 Å². The van der Waals surface area contributed by atoms with Crippen molar-refractivity contribution in [1.29, 1.82) is 5.26 Å². The number of nitrogens with one attached hydrogen (secondary N) is 1. The molecule has 0 bridgehead atoms. The number of anilines is 1. The van der Waals surface area contributed by atoms with Crippen molar-refractivity contribution in [2.24, 2.45) is 0 Å². The molecule has 0 saturated carbocycles. The third kappa shape index (κ3) is 5.51. The average molecular weight is 494 g/mol. The van der Waals surface area contributed by atoms with Crippen LogP contribution >= 0.6 is 22.7 Å². The maximum Gasteiger partial charge on any atom is 0.275 e. The first kappa shape index (κ1) is 23.2. The monoisotopic (exact) mass is 493 g/mol. The number of carbonyl (C=O) groups excluding carboxylic acids is 1. The number of aromatic nitrogens is 5. The van der Waals surface area contributed by atoms with E-state index < -0.39 is 5.91 Å². The van der Waals surface area contributed by atoms with Crippen LogP contribution < -0.4 is 15.6 Å². The summed E-state index contributed by atoms with van der Waals surface area (Å²) >= 11 is 2.62. The normalized spacial score (nSPS) is 11.4. The second-order valence-electron chi connectivity index (χ2n) is 7.13. The lowest BCUT2D eigenvalue weighted by molar-refractivity contribution is -0.112. The van der Waals surface area contributed by atoms with E-state index in [0.717, 1.165) is 17.8 Å². The Labute approximate surface area is 202 Å². The van der Waals surface area contributed by atoms with E-state index in [0.29, 0.717) is 32.1 Å². The molecule has 34 heavy (non-hydrogen) atoms. The number of ether oxygens (including phenoxy) is 1. The summed E-state index contributed by atoms with van der Waals surface area (Å²) in [6, 6.07) is 10.2. The van der Waals surface area contributed by atoms with E-state index in [2.05, 4.69) is 32.5 Å². The fourth-order valence-electron chi connectivity index (χ4n) is 2.93. The molecule has 3 heterocycles. The number of amides is 1. The lowest BCUT2D eigenvalue weighted by Gasteiger charge is -2.06. The van der Waals surface area contributed by atoms with Gasteiger partial charge in [-0.2, -0.15) is 14.9 Å². The molecule has 0 aliphatic heterocycles. The van der Waals surface area contributed by atoms with Gasteiger partial charge in [-0.3, -0.25) is 14.9 Å². The van der Waals surface area contributed by atoms with Crippen molar-refractivity contribution in [3.05, 3.63) is 67.5 Å². The third-order valence-electron chi connectivity index (χ3n) is 4.49. The molecular weight excluding hydrogens is 474 g/mol. The third-order valence-corrected chi connectivity index (χ3v) is 6.22. The van der Waals surface area contributed by atoms with Crippen LogP contribution in [0.3, 0.4) is 0 Å². The topological polar surface area (TPSA) is 135 Å². The van der Waals surface area contributed by atoms with Crippen LogP contribution in [0.25, 0.3) is 11.0 Å². The highest BCUT2D eigenvalue weighted by atomic mass is 32.1. The van der Waals surface area contributed by atoms with Crippen LogP contribution in [-0.2, 0) is 17.8 Å². The minimum Gasteiger partial charge on any atom is -0.487 e. The van der Waals surface area contributed by atoms with Crippen molar-refractivity contribution in [3.8, 4) is 11.8 Å². The predicted octanol–water partition coefficient (Wildman–Crippen LogP) is 3.39. The van der Waals surface area contributed by atoms with E-state index in [-0.39, 0.29) is 17.7 Å². The smallest absolute Gasteiger partial charge is 0.275 e. The molecular formula is C22H19N7O3S2. The zero-order chi connectivity index (χ0) is 24.1. The average Bonchev–Trinajstić information content (AvgIpc) is 3.42. The molecule has 4 aromatic rings. The Bertz CT molecular complexity index is 1460. The molecule has 12 heteroatoms. The van der Waals surface area contributed by atoms with Crippen molar-refractivity contribution >= 4 is 44.7 Å². The number of benzene rings is 1. The Balaban J connectivity index is 1.42. The number of carbonyl (C=O) groups is 1. The molecule has 0 aliphatic carbocycles. The SMILES string of the molecule is CCCc1nn2c(=O)cc(COc3ccc(C=C(C#N)C(=O)Nc4nnc(C)s4)cc3)nc2s1. The van der Waals surface area contributed by atoms with Crippen molar-refractivity contribution in [2.45, 2.75) is 33.3 Å². The Kier molecular flexibility index (Phi) is 7.05. The van der Waals surface area contributed by atoms with Crippen LogP contribution in [0.2, 0.25) is 0 Å². The molecule has 0 atom stereocenters. The second kappa shape index (κ2) is 10.3. The van der Waals surface area contributed by atoms with Crippen LogP contribution in [0.5, 0.6) is 5.75 Å². The fourth-order valence-corrected chi connectivity index (χ4v) is 4.54. The van der Waals surface area contributed by atoms with Gasteiger partial charge in [0, 0.05) is 12.5 Å². The van der Waals surface area contributed by atoms with E-state index >= 15 is 0 Å². The highest BCUT2D eigenvalue weighted by molar-refractivity contribution is 7.16. The Morgan fingerprint density at radius 1 is 1.26 bits per heavy atom. The molecule has 3 aromatic heterocycles. The largest absolute Gasteiger partial charge is 0.487 e. The molecule has 1 N–H and O–H groups in total. The van der Waals surface area contributed by atoms with Crippen molar-refractivity contribution in [1.82, 2.24) is 24.8 Å². The first-order chi connectivity index (χ1) is 16.4. The Morgan fingerprint density at radius 2 is 2.06 bits per heavy atom. The number of nitriles is 1. The first-order valence-electron chi connectivity index (χ1n) is 10.3. The minimum absolute atomic E-state index is 0.0634. The quantitative estimate of drug-likeness (QED) is 0.291. The van der Waals surface area contributed by atoms with Crippen LogP contribution in [0.15, 0.2) is 40.7 Å². The van der Waals surface area contributed by atoms with Gasteiger partial charge >= 0.3 is 0 Å². The molecule has 4 rings (SSSR count). The number of hydrogen-bond donors (Lipinski definition) is 1. The first-order valence-corrected chi connectivity index (χ1v) is 11.9. The van der Waals surface area contributed by atoms with E-state index in [1.54, 1.807) is 31.2 Å².